The zero-order valence-corrected chi connectivity index (χ0v) is 18.3. The minimum absolute atomic E-state index is 0.164. The van der Waals surface area contributed by atoms with E-state index in [0.717, 1.165) is 6.26 Å². The van der Waals surface area contributed by atoms with E-state index in [4.69, 9.17) is 0 Å². The molecule has 162 valence electrons. The minimum atomic E-state index is -3.44. The van der Waals surface area contributed by atoms with Gasteiger partial charge in [0.2, 0.25) is 10.0 Å². The predicted molar refractivity (Wildman–Crippen MR) is 119 cm³/mol. The molecule has 0 spiro atoms. The quantitative estimate of drug-likeness (QED) is 0.512. The number of benzene rings is 2. The number of carbonyl (C=O) groups excluding carboxylic acids is 2. The van der Waals surface area contributed by atoms with Gasteiger partial charge in [-0.2, -0.15) is 0 Å². The van der Waals surface area contributed by atoms with Crippen LogP contribution in [0.2, 0.25) is 0 Å². The molecular formula is C21H28N4O4S. The maximum absolute atomic E-state index is 12.3. The number of hydrogen-bond donors (Lipinski definition) is 4. The van der Waals surface area contributed by atoms with Crippen LogP contribution in [0, 0.1) is 5.92 Å². The Kier molecular flexibility index (Phi) is 7.82. The third-order valence-electron chi connectivity index (χ3n) is 4.15. The molecule has 0 radical (unpaired) electrons. The van der Waals surface area contributed by atoms with E-state index in [0.29, 0.717) is 35.0 Å². The molecule has 30 heavy (non-hydrogen) atoms. The smallest absolute Gasteiger partial charge is 0.319 e. The lowest BCUT2D eigenvalue weighted by atomic mass is 10.1. The van der Waals surface area contributed by atoms with E-state index in [1.807, 2.05) is 13.8 Å². The second-order valence-corrected chi connectivity index (χ2v) is 9.21. The van der Waals surface area contributed by atoms with E-state index in [-0.39, 0.29) is 5.91 Å². The third-order valence-corrected chi connectivity index (χ3v) is 4.74. The van der Waals surface area contributed by atoms with E-state index in [1.165, 1.54) is 0 Å². The van der Waals surface area contributed by atoms with Crippen molar-refractivity contribution >= 4 is 33.3 Å². The van der Waals surface area contributed by atoms with Crippen molar-refractivity contribution in [2.24, 2.45) is 5.92 Å². The molecule has 0 saturated carbocycles. The maximum Gasteiger partial charge on any atom is 0.319 e. The molecule has 0 saturated heterocycles. The molecule has 2 aromatic rings. The van der Waals surface area contributed by atoms with Gasteiger partial charge in [-0.1, -0.05) is 32.0 Å². The number of para-hydroxylation sites is 1. The van der Waals surface area contributed by atoms with E-state index in [1.54, 1.807) is 55.5 Å². The van der Waals surface area contributed by atoms with Gasteiger partial charge in [-0.3, -0.25) is 9.52 Å². The molecule has 0 aromatic heterocycles. The number of sulfonamides is 1. The van der Waals surface area contributed by atoms with Crippen LogP contribution in [0.15, 0.2) is 48.5 Å². The van der Waals surface area contributed by atoms with Gasteiger partial charge in [0.05, 0.1) is 18.0 Å². The summed E-state index contributed by atoms with van der Waals surface area (Å²) in [5.74, 6) is 0.196. The Morgan fingerprint density at radius 1 is 0.967 bits per heavy atom. The molecule has 0 aliphatic rings. The summed E-state index contributed by atoms with van der Waals surface area (Å²) >= 11 is 0. The lowest BCUT2D eigenvalue weighted by molar-refractivity contribution is 0.0949. The second-order valence-electron chi connectivity index (χ2n) is 7.46. The number of anilines is 2. The molecule has 3 amide bonds. The summed E-state index contributed by atoms with van der Waals surface area (Å²) in [6.07, 6.45) is 1.07. The molecule has 0 aliphatic carbocycles. The maximum atomic E-state index is 12.3. The Morgan fingerprint density at radius 2 is 1.60 bits per heavy atom. The van der Waals surface area contributed by atoms with Crippen molar-refractivity contribution in [2.75, 3.05) is 22.8 Å². The van der Waals surface area contributed by atoms with E-state index >= 15 is 0 Å². The molecule has 9 heteroatoms. The van der Waals surface area contributed by atoms with Gasteiger partial charge in [-0.25, -0.2) is 13.2 Å². The molecule has 8 nitrogen and oxygen atoms in total. The molecule has 0 bridgehead atoms. The summed E-state index contributed by atoms with van der Waals surface area (Å²) in [7, 11) is -3.44. The van der Waals surface area contributed by atoms with E-state index in [9.17, 15) is 18.0 Å². The molecule has 0 unspecified atom stereocenters. The number of amides is 3. The summed E-state index contributed by atoms with van der Waals surface area (Å²) < 4.78 is 25.5. The van der Waals surface area contributed by atoms with Gasteiger partial charge < -0.3 is 16.0 Å². The van der Waals surface area contributed by atoms with Crippen LogP contribution in [0.3, 0.4) is 0 Å². The van der Waals surface area contributed by atoms with Gasteiger partial charge in [0.15, 0.2) is 0 Å². The first-order valence-corrected chi connectivity index (χ1v) is 11.5. The first-order valence-electron chi connectivity index (χ1n) is 9.57. The average Bonchev–Trinajstić information content (AvgIpc) is 2.65. The third kappa shape index (κ3) is 7.40. The fourth-order valence-electron chi connectivity index (χ4n) is 2.71. The molecular weight excluding hydrogens is 404 g/mol. The van der Waals surface area contributed by atoms with Crippen molar-refractivity contribution in [3.63, 3.8) is 0 Å². The SMILES string of the molecule is CC(C)CNC(=O)c1ccc(NC(=O)N[C@H](C)c2ccccc2NS(C)(=O)=O)cc1. The summed E-state index contributed by atoms with van der Waals surface area (Å²) in [5.41, 5.74) is 2.08. The highest BCUT2D eigenvalue weighted by atomic mass is 32.2. The first-order chi connectivity index (χ1) is 14.0. The van der Waals surface area contributed by atoms with Crippen molar-refractivity contribution in [2.45, 2.75) is 26.8 Å². The number of rotatable bonds is 8. The number of carbonyl (C=O) groups is 2. The fraction of sp³-hybridized carbons (Fsp3) is 0.333. The van der Waals surface area contributed by atoms with Crippen LogP contribution >= 0.6 is 0 Å². The molecule has 4 N–H and O–H groups in total. The Hall–Kier alpha value is -3.07. The minimum Gasteiger partial charge on any atom is -0.352 e. The van der Waals surface area contributed by atoms with Gasteiger partial charge in [0.1, 0.15) is 0 Å². The van der Waals surface area contributed by atoms with Crippen LogP contribution in [-0.2, 0) is 10.0 Å². The normalized spacial score (nSPS) is 12.2. The van der Waals surface area contributed by atoms with E-state index < -0.39 is 22.1 Å². The number of nitrogens with one attached hydrogen (secondary N) is 4. The van der Waals surface area contributed by atoms with Gasteiger partial charge in [-0.15, -0.1) is 0 Å². The van der Waals surface area contributed by atoms with Gasteiger partial charge in [0, 0.05) is 17.8 Å². The lowest BCUT2D eigenvalue weighted by Crippen LogP contribution is -2.31. The first kappa shape index (κ1) is 23.2. The number of urea groups is 1. The van der Waals surface area contributed by atoms with Crippen molar-refractivity contribution in [3.8, 4) is 0 Å². The Morgan fingerprint density at radius 3 is 2.20 bits per heavy atom. The largest absolute Gasteiger partial charge is 0.352 e. The van der Waals surface area contributed by atoms with Gasteiger partial charge >= 0.3 is 6.03 Å². The van der Waals surface area contributed by atoms with Crippen LogP contribution in [0.25, 0.3) is 0 Å². The predicted octanol–water partition coefficient (Wildman–Crippen LogP) is 3.33. The topological polar surface area (TPSA) is 116 Å². The summed E-state index contributed by atoms with van der Waals surface area (Å²) in [4.78, 5) is 24.4. The van der Waals surface area contributed by atoms with Crippen molar-refractivity contribution in [1.29, 1.82) is 0 Å². The average molecular weight is 433 g/mol. The van der Waals surface area contributed by atoms with Crippen LogP contribution in [0.4, 0.5) is 16.2 Å². The van der Waals surface area contributed by atoms with Gasteiger partial charge in [-0.05, 0) is 48.7 Å². The summed E-state index contributed by atoms with van der Waals surface area (Å²) in [6.45, 7) is 6.38. The van der Waals surface area contributed by atoms with E-state index in [2.05, 4.69) is 20.7 Å². The van der Waals surface area contributed by atoms with Crippen LogP contribution in [0.5, 0.6) is 0 Å². The van der Waals surface area contributed by atoms with Crippen LogP contribution in [-0.4, -0.2) is 33.2 Å². The van der Waals surface area contributed by atoms with Gasteiger partial charge in [0.25, 0.3) is 5.91 Å². The Balaban J connectivity index is 1.98. The summed E-state index contributed by atoms with van der Waals surface area (Å²) in [6, 6.07) is 12.5. The molecule has 2 rings (SSSR count). The molecule has 1 atom stereocenters. The molecule has 0 aliphatic heterocycles. The zero-order valence-electron chi connectivity index (χ0n) is 17.5. The van der Waals surface area contributed by atoms with Crippen molar-refractivity contribution < 1.29 is 18.0 Å². The monoisotopic (exact) mass is 432 g/mol. The highest BCUT2D eigenvalue weighted by molar-refractivity contribution is 7.92. The molecule has 2 aromatic carbocycles. The highest BCUT2D eigenvalue weighted by Crippen LogP contribution is 2.23. The summed E-state index contributed by atoms with van der Waals surface area (Å²) in [5, 5.41) is 8.32. The lowest BCUT2D eigenvalue weighted by Gasteiger charge is -2.19. The van der Waals surface area contributed by atoms with Crippen molar-refractivity contribution in [1.82, 2.24) is 10.6 Å². The fourth-order valence-corrected chi connectivity index (χ4v) is 3.30. The van der Waals surface area contributed by atoms with Crippen LogP contribution in [0.1, 0.15) is 42.7 Å². The van der Waals surface area contributed by atoms with Crippen LogP contribution < -0.4 is 20.7 Å². The number of hydrogen-bond acceptors (Lipinski definition) is 4. The van der Waals surface area contributed by atoms with Crippen molar-refractivity contribution in [3.05, 3.63) is 59.7 Å². The molecule has 0 heterocycles. The second kappa shape index (κ2) is 10.1. The highest BCUT2D eigenvalue weighted by Gasteiger charge is 2.15. The Bertz CT molecular complexity index is 988. The Labute approximate surface area is 177 Å². The standard InChI is InChI=1S/C21H28N4O4S/c1-14(2)13-22-20(26)16-9-11-17(12-10-16)24-21(27)23-15(3)18-7-5-6-8-19(18)25-30(4,28)29/h5-12,14-15,25H,13H2,1-4H3,(H,22,26)(H2,23,24,27)/t15-/m1/s1. The zero-order chi connectivity index (χ0) is 22.3. The molecule has 0 fully saturated rings.